The third-order valence-electron chi connectivity index (χ3n) is 7.20. The molecule has 1 aliphatic heterocycles. The number of carbonyl (C=O) groups is 4. The van der Waals surface area contributed by atoms with Crippen LogP contribution in [0.1, 0.15) is 72.0 Å². The molecule has 2 atom stereocenters. The molecule has 3 aromatic rings. The Morgan fingerprint density at radius 1 is 0.878 bits per heavy atom. The van der Waals surface area contributed by atoms with Crippen molar-refractivity contribution in [2.45, 2.75) is 53.1 Å². The summed E-state index contributed by atoms with van der Waals surface area (Å²) in [5.74, 6) is -1.65. The van der Waals surface area contributed by atoms with Gasteiger partial charge < -0.3 is 9.47 Å². The molecule has 8 heteroatoms. The number of fused-ring (bicyclic) bond motifs is 1. The molecule has 4 rings (SSSR count). The zero-order valence-electron chi connectivity index (χ0n) is 24.3. The van der Waals surface area contributed by atoms with Crippen molar-refractivity contribution in [1.29, 1.82) is 0 Å². The zero-order chi connectivity index (χ0) is 29.9. The summed E-state index contributed by atoms with van der Waals surface area (Å²) in [5, 5.41) is 0. The number of amides is 3. The first-order valence-corrected chi connectivity index (χ1v) is 13.6. The molecule has 0 unspecified atom stereocenters. The van der Waals surface area contributed by atoms with Crippen LogP contribution in [0.3, 0.4) is 0 Å². The number of para-hydroxylation sites is 1. The molecule has 0 saturated heterocycles. The molecule has 0 saturated carbocycles. The van der Waals surface area contributed by atoms with E-state index in [4.69, 9.17) is 9.47 Å². The number of imide groups is 1. The fourth-order valence-electron chi connectivity index (χ4n) is 5.38. The third kappa shape index (κ3) is 5.73. The summed E-state index contributed by atoms with van der Waals surface area (Å²) < 4.78 is 11.0. The summed E-state index contributed by atoms with van der Waals surface area (Å²) in [7, 11) is 1.51. The van der Waals surface area contributed by atoms with Gasteiger partial charge in [-0.25, -0.2) is 0 Å². The van der Waals surface area contributed by atoms with E-state index in [1.54, 1.807) is 37.3 Å². The summed E-state index contributed by atoms with van der Waals surface area (Å²) in [4.78, 5) is 58.0. The molecule has 0 N–H and O–H groups in total. The van der Waals surface area contributed by atoms with Crippen LogP contribution < -0.4 is 9.64 Å². The average molecular weight is 557 g/mol. The number of esters is 1. The molecule has 214 valence electrons. The smallest absolute Gasteiger partial charge is 0.308 e. The quantitative estimate of drug-likeness (QED) is 0.246. The Balaban J connectivity index is 1.96. The second kappa shape index (κ2) is 12.0. The molecular weight excluding hydrogens is 520 g/mol. The minimum absolute atomic E-state index is 0.153. The van der Waals surface area contributed by atoms with Gasteiger partial charge in [0.1, 0.15) is 11.8 Å². The Morgan fingerprint density at radius 2 is 1.46 bits per heavy atom. The van der Waals surface area contributed by atoms with Crippen LogP contribution in [0.5, 0.6) is 5.75 Å². The highest BCUT2D eigenvalue weighted by atomic mass is 16.5. The van der Waals surface area contributed by atoms with Crippen LogP contribution in [0.2, 0.25) is 0 Å². The monoisotopic (exact) mass is 556 g/mol. The van der Waals surface area contributed by atoms with Crippen molar-refractivity contribution < 1.29 is 28.7 Å². The minimum atomic E-state index is -1.20. The predicted octanol–water partition coefficient (Wildman–Crippen LogP) is 5.74. The van der Waals surface area contributed by atoms with Gasteiger partial charge in [-0.2, -0.15) is 0 Å². The standard InChI is InChI=1S/C33H36N2O6/c1-7-41-27(36)20-25(22-15-9-8-10-16-22)34(28-21(2)14-13-19-26(28)40-6)32(39)29(33(3,4)5)35-30(37)23-17-11-12-18-24(23)31(35)38/h8-19,25,29H,7,20H2,1-6H3/t25-,29-/m1/s1. The predicted molar refractivity (Wildman–Crippen MR) is 156 cm³/mol. The number of rotatable bonds is 9. The largest absolute Gasteiger partial charge is 0.495 e. The Labute approximate surface area is 240 Å². The molecule has 1 heterocycles. The van der Waals surface area contributed by atoms with Crippen LogP contribution in [0.25, 0.3) is 0 Å². The lowest BCUT2D eigenvalue weighted by molar-refractivity contribution is -0.143. The normalized spacial score (nSPS) is 14.3. The van der Waals surface area contributed by atoms with Gasteiger partial charge in [0.05, 0.1) is 43.0 Å². The summed E-state index contributed by atoms with van der Waals surface area (Å²) in [6.45, 7) is 9.20. The van der Waals surface area contributed by atoms with Crippen LogP contribution >= 0.6 is 0 Å². The van der Waals surface area contributed by atoms with E-state index in [1.165, 1.54) is 12.0 Å². The van der Waals surface area contributed by atoms with E-state index in [-0.39, 0.29) is 24.2 Å². The summed E-state index contributed by atoms with van der Waals surface area (Å²) in [5.41, 5.74) is 1.50. The molecule has 41 heavy (non-hydrogen) atoms. The van der Waals surface area contributed by atoms with Crippen LogP contribution in [0.4, 0.5) is 5.69 Å². The number of benzene rings is 3. The molecule has 0 aliphatic carbocycles. The number of hydrogen-bond donors (Lipinski definition) is 0. The van der Waals surface area contributed by atoms with Gasteiger partial charge in [-0.05, 0) is 48.6 Å². The second-order valence-corrected chi connectivity index (χ2v) is 11.1. The molecule has 0 radical (unpaired) electrons. The Hall–Kier alpha value is -4.46. The number of methoxy groups -OCH3 is 1. The molecule has 8 nitrogen and oxygen atoms in total. The summed E-state index contributed by atoms with van der Waals surface area (Å²) in [6, 6.07) is 19.1. The van der Waals surface area contributed by atoms with Gasteiger partial charge >= 0.3 is 5.97 Å². The van der Waals surface area contributed by atoms with E-state index < -0.39 is 41.2 Å². The van der Waals surface area contributed by atoms with Crippen molar-refractivity contribution >= 4 is 29.4 Å². The number of carbonyl (C=O) groups excluding carboxylic acids is 4. The van der Waals surface area contributed by atoms with E-state index in [0.717, 1.165) is 10.5 Å². The lowest BCUT2D eigenvalue weighted by Crippen LogP contribution is -2.57. The van der Waals surface area contributed by atoms with E-state index in [0.29, 0.717) is 17.0 Å². The Bertz CT molecular complexity index is 1430. The number of aryl methyl sites for hydroxylation is 1. The molecule has 3 aromatic carbocycles. The van der Waals surface area contributed by atoms with Crippen molar-refractivity contribution in [3.8, 4) is 5.75 Å². The van der Waals surface area contributed by atoms with Crippen LogP contribution in [0.15, 0.2) is 72.8 Å². The highest BCUT2D eigenvalue weighted by Gasteiger charge is 2.50. The third-order valence-corrected chi connectivity index (χ3v) is 7.20. The molecule has 3 amide bonds. The fraction of sp³-hybridized carbons (Fsp3) is 0.333. The van der Waals surface area contributed by atoms with E-state index in [1.807, 2.05) is 70.2 Å². The molecule has 0 spiro atoms. The zero-order valence-corrected chi connectivity index (χ0v) is 24.3. The Kier molecular flexibility index (Phi) is 8.61. The number of nitrogens with zero attached hydrogens (tertiary/aromatic N) is 2. The van der Waals surface area contributed by atoms with Crippen LogP contribution in [0, 0.1) is 12.3 Å². The molecule has 1 aliphatic rings. The van der Waals surface area contributed by atoms with Gasteiger partial charge in [0.15, 0.2) is 0 Å². The fourth-order valence-corrected chi connectivity index (χ4v) is 5.38. The molecule has 0 bridgehead atoms. The highest BCUT2D eigenvalue weighted by Crippen LogP contribution is 2.42. The maximum absolute atomic E-state index is 15.1. The first-order chi connectivity index (χ1) is 19.5. The number of anilines is 1. The number of hydrogen-bond acceptors (Lipinski definition) is 6. The van der Waals surface area contributed by atoms with Crippen LogP contribution in [-0.2, 0) is 14.3 Å². The topological polar surface area (TPSA) is 93.2 Å². The van der Waals surface area contributed by atoms with Crippen molar-refractivity contribution in [2.75, 3.05) is 18.6 Å². The molecular formula is C33H36N2O6. The first kappa shape index (κ1) is 29.5. The highest BCUT2D eigenvalue weighted by molar-refractivity contribution is 6.23. The van der Waals surface area contributed by atoms with E-state index >= 15 is 4.79 Å². The maximum Gasteiger partial charge on any atom is 0.308 e. The Morgan fingerprint density at radius 3 is 2.00 bits per heavy atom. The molecule has 0 fully saturated rings. The van der Waals surface area contributed by atoms with Crippen molar-refractivity contribution in [3.05, 3.63) is 95.1 Å². The summed E-state index contributed by atoms with van der Waals surface area (Å²) in [6.07, 6.45) is -0.153. The minimum Gasteiger partial charge on any atom is -0.495 e. The van der Waals surface area contributed by atoms with Gasteiger partial charge in [0, 0.05) is 0 Å². The van der Waals surface area contributed by atoms with Crippen molar-refractivity contribution in [3.63, 3.8) is 0 Å². The maximum atomic E-state index is 15.1. The van der Waals surface area contributed by atoms with Gasteiger partial charge in [-0.1, -0.05) is 75.4 Å². The van der Waals surface area contributed by atoms with Crippen molar-refractivity contribution in [1.82, 2.24) is 4.90 Å². The van der Waals surface area contributed by atoms with Crippen molar-refractivity contribution in [2.24, 2.45) is 5.41 Å². The van der Waals surface area contributed by atoms with Gasteiger partial charge in [0.2, 0.25) is 0 Å². The summed E-state index contributed by atoms with van der Waals surface area (Å²) >= 11 is 0. The number of ether oxygens (including phenoxy) is 2. The lowest BCUT2D eigenvalue weighted by Gasteiger charge is -2.42. The van der Waals surface area contributed by atoms with Crippen LogP contribution in [-0.4, -0.2) is 48.3 Å². The average Bonchev–Trinajstić information content (AvgIpc) is 3.18. The first-order valence-electron chi connectivity index (χ1n) is 13.6. The lowest BCUT2D eigenvalue weighted by atomic mass is 9.83. The van der Waals surface area contributed by atoms with E-state index in [9.17, 15) is 14.4 Å². The van der Waals surface area contributed by atoms with Gasteiger partial charge in [0.25, 0.3) is 17.7 Å². The second-order valence-electron chi connectivity index (χ2n) is 11.1. The van der Waals surface area contributed by atoms with Gasteiger partial charge in [-0.15, -0.1) is 0 Å². The van der Waals surface area contributed by atoms with Gasteiger partial charge in [-0.3, -0.25) is 29.0 Å². The van der Waals surface area contributed by atoms with E-state index in [2.05, 4.69) is 0 Å². The SMILES string of the molecule is CCOC(=O)C[C@H](c1ccccc1)N(C(=O)[C@@H](N1C(=O)c2ccccc2C1=O)C(C)(C)C)c1c(C)cccc1OC. The molecule has 0 aromatic heterocycles.